The Hall–Kier alpha value is -1.79. The largest absolute Gasteiger partial charge is 0.496 e. The number of aryl methyl sites for hydroxylation is 1. The van der Waals surface area contributed by atoms with Gasteiger partial charge >= 0.3 is 0 Å². The first-order valence-electron chi connectivity index (χ1n) is 6.51. The fourth-order valence-electron chi connectivity index (χ4n) is 2.21. The van der Waals surface area contributed by atoms with Gasteiger partial charge in [0.15, 0.2) is 0 Å². The van der Waals surface area contributed by atoms with Crippen molar-refractivity contribution in [3.05, 3.63) is 64.1 Å². The fourth-order valence-corrected chi connectivity index (χ4v) is 2.47. The highest BCUT2D eigenvalue weighted by atomic mass is 79.9. The Labute approximate surface area is 128 Å². The molecular weight excluding hydrogens is 314 g/mol. The van der Waals surface area contributed by atoms with Gasteiger partial charge in [0.05, 0.1) is 19.1 Å². The van der Waals surface area contributed by atoms with Crippen LogP contribution in [0.25, 0.3) is 0 Å². The van der Waals surface area contributed by atoms with Gasteiger partial charge in [-0.3, -0.25) is 0 Å². The molecule has 0 radical (unpaired) electrons. The molecule has 20 heavy (non-hydrogen) atoms. The van der Waals surface area contributed by atoms with Crippen molar-refractivity contribution in [2.75, 3.05) is 7.11 Å². The number of rotatable bonds is 5. The van der Waals surface area contributed by atoms with E-state index in [0.717, 1.165) is 34.2 Å². The molecule has 0 aliphatic rings. The van der Waals surface area contributed by atoms with E-state index in [4.69, 9.17) is 4.74 Å². The summed E-state index contributed by atoms with van der Waals surface area (Å²) in [5.41, 5.74) is 2.21. The Morgan fingerprint density at radius 1 is 1.15 bits per heavy atom. The molecular formula is C17H16BrNO. The zero-order valence-corrected chi connectivity index (χ0v) is 12.9. The second-order valence-corrected chi connectivity index (χ2v) is 5.50. The number of para-hydroxylation sites is 1. The Balaban J connectivity index is 2.08. The maximum Gasteiger partial charge on any atom is 0.122 e. The number of benzene rings is 2. The third kappa shape index (κ3) is 3.61. The van der Waals surface area contributed by atoms with Crippen LogP contribution in [0, 0.1) is 11.3 Å². The summed E-state index contributed by atoms with van der Waals surface area (Å²) in [5.74, 6) is 0.799. The highest BCUT2D eigenvalue weighted by Crippen LogP contribution is 2.26. The summed E-state index contributed by atoms with van der Waals surface area (Å²) < 4.78 is 6.37. The first kappa shape index (κ1) is 14.6. The minimum atomic E-state index is -0.0898. The molecule has 2 nitrogen and oxygen atoms in total. The lowest BCUT2D eigenvalue weighted by molar-refractivity contribution is 0.409. The van der Waals surface area contributed by atoms with Crippen molar-refractivity contribution in [1.82, 2.24) is 0 Å². The number of halogens is 1. The van der Waals surface area contributed by atoms with Crippen molar-refractivity contribution in [2.24, 2.45) is 0 Å². The number of hydrogen-bond acceptors (Lipinski definition) is 2. The molecule has 0 aliphatic carbocycles. The first-order valence-corrected chi connectivity index (χ1v) is 7.31. The van der Waals surface area contributed by atoms with Crippen LogP contribution in [0.5, 0.6) is 5.75 Å². The predicted octanol–water partition coefficient (Wildman–Crippen LogP) is 4.70. The molecule has 0 aromatic heterocycles. The molecule has 0 amide bonds. The lowest BCUT2D eigenvalue weighted by Crippen LogP contribution is -1.99. The minimum absolute atomic E-state index is 0.0898. The Kier molecular flexibility index (Phi) is 5.20. The molecule has 3 heteroatoms. The molecule has 0 spiro atoms. The van der Waals surface area contributed by atoms with Crippen molar-refractivity contribution in [3.8, 4) is 11.8 Å². The quantitative estimate of drug-likeness (QED) is 0.796. The number of ether oxygens (including phenoxy) is 1. The van der Waals surface area contributed by atoms with Crippen LogP contribution in [-0.2, 0) is 6.42 Å². The molecule has 0 bridgehead atoms. The van der Waals surface area contributed by atoms with Crippen molar-refractivity contribution in [1.29, 1.82) is 5.26 Å². The van der Waals surface area contributed by atoms with Gasteiger partial charge in [0.25, 0.3) is 0 Å². The first-order chi connectivity index (χ1) is 9.74. The van der Waals surface area contributed by atoms with Crippen molar-refractivity contribution < 1.29 is 4.74 Å². The van der Waals surface area contributed by atoms with Crippen molar-refractivity contribution >= 4 is 15.9 Å². The molecule has 0 saturated heterocycles. The molecule has 102 valence electrons. The van der Waals surface area contributed by atoms with Gasteiger partial charge in [-0.2, -0.15) is 5.26 Å². The highest BCUT2D eigenvalue weighted by molar-refractivity contribution is 9.10. The van der Waals surface area contributed by atoms with E-state index in [1.807, 2.05) is 42.5 Å². The number of methoxy groups -OCH3 is 1. The van der Waals surface area contributed by atoms with E-state index in [0.29, 0.717) is 0 Å². The van der Waals surface area contributed by atoms with Gasteiger partial charge in [-0.05, 0) is 42.2 Å². The summed E-state index contributed by atoms with van der Waals surface area (Å²) in [4.78, 5) is 0. The lowest BCUT2D eigenvalue weighted by atomic mass is 9.93. The third-order valence-corrected chi connectivity index (χ3v) is 3.85. The fraction of sp³-hybridized carbons (Fsp3) is 0.235. The van der Waals surface area contributed by atoms with Crippen LogP contribution < -0.4 is 4.74 Å². The molecule has 2 aromatic rings. The second-order valence-electron chi connectivity index (χ2n) is 4.58. The minimum Gasteiger partial charge on any atom is -0.496 e. The van der Waals surface area contributed by atoms with Gasteiger partial charge in [-0.15, -0.1) is 0 Å². The normalized spacial score (nSPS) is 11.7. The van der Waals surface area contributed by atoms with Gasteiger partial charge in [-0.25, -0.2) is 0 Å². The average Bonchev–Trinajstić information content (AvgIpc) is 2.50. The highest BCUT2D eigenvalue weighted by Gasteiger charge is 2.12. The van der Waals surface area contributed by atoms with E-state index < -0.39 is 0 Å². The summed E-state index contributed by atoms with van der Waals surface area (Å²) in [6.45, 7) is 0. The smallest absolute Gasteiger partial charge is 0.122 e. The number of nitriles is 1. The van der Waals surface area contributed by atoms with Gasteiger partial charge < -0.3 is 4.74 Å². The molecule has 1 atom stereocenters. The van der Waals surface area contributed by atoms with Crippen LogP contribution in [-0.4, -0.2) is 7.11 Å². The molecule has 2 aromatic carbocycles. The average molecular weight is 330 g/mol. The summed E-state index contributed by atoms with van der Waals surface area (Å²) in [6, 6.07) is 18.3. The predicted molar refractivity (Wildman–Crippen MR) is 83.8 cm³/mol. The van der Waals surface area contributed by atoms with Gasteiger partial charge in [0, 0.05) is 4.47 Å². The van der Waals surface area contributed by atoms with E-state index in [9.17, 15) is 5.26 Å². The van der Waals surface area contributed by atoms with Crippen LogP contribution in [0.2, 0.25) is 0 Å². The number of nitrogens with zero attached hydrogens (tertiary/aromatic N) is 1. The molecule has 0 saturated carbocycles. The van der Waals surface area contributed by atoms with E-state index in [1.54, 1.807) is 7.11 Å². The third-order valence-electron chi connectivity index (χ3n) is 3.32. The molecule has 0 N–H and O–H groups in total. The van der Waals surface area contributed by atoms with Crippen LogP contribution in [0.15, 0.2) is 53.0 Å². The van der Waals surface area contributed by atoms with E-state index >= 15 is 0 Å². The maximum absolute atomic E-state index is 9.36. The summed E-state index contributed by atoms with van der Waals surface area (Å²) in [6.07, 6.45) is 1.62. The van der Waals surface area contributed by atoms with E-state index in [-0.39, 0.29) is 5.92 Å². The maximum atomic E-state index is 9.36. The molecule has 1 unspecified atom stereocenters. The van der Waals surface area contributed by atoms with Crippen LogP contribution in [0.3, 0.4) is 0 Å². The van der Waals surface area contributed by atoms with Gasteiger partial charge in [0.2, 0.25) is 0 Å². The van der Waals surface area contributed by atoms with Gasteiger partial charge in [-0.1, -0.05) is 46.3 Å². The molecule has 0 fully saturated rings. The summed E-state index contributed by atoms with van der Waals surface area (Å²) in [7, 11) is 1.68. The summed E-state index contributed by atoms with van der Waals surface area (Å²) >= 11 is 3.41. The van der Waals surface area contributed by atoms with Crippen LogP contribution in [0.4, 0.5) is 0 Å². The number of hydrogen-bond donors (Lipinski definition) is 0. The van der Waals surface area contributed by atoms with Crippen LogP contribution >= 0.6 is 15.9 Å². The lowest BCUT2D eigenvalue weighted by Gasteiger charge is -2.12. The van der Waals surface area contributed by atoms with E-state index in [1.165, 1.54) is 0 Å². The molecule has 0 aliphatic heterocycles. The van der Waals surface area contributed by atoms with E-state index in [2.05, 4.69) is 28.1 Å². The van der Waals surface area contributed by atoms with Crippen LogP contribution in [0.1, 0.15) is 23.5 Å². The SMILES string of the molecule is COc1ccccc1CCC(C#N)c1ccc(Br)cc1. The topological polar surface area (TPSA) is 33.0 Å². The Bertz CT molecular complexity index is 601. The Morgan fingerprint density at radius 3 is 2.50 bits per heavy atom. The van der Waals surface area contributed by atoms with Crippen molar-refractivity contribution in [3.63, 3.8) is 0 Å². The zero-order valence-electron chi connectivity index (χ0n) is 11.3. The monoisotopic (exact) mass is 329 g/mol. The standard InChI is InChI=1S/C17H16BrNO/c1-20-17-5-3-2-4-14(17)6-7-15(12-19)13-8-10-16(18)11-9-13/h2-5,8-11,15H,6-7H2,1H3. The Morgan fingerprint density at radius 2 is 1.85 bits per heavy atom. The molecule has 2 rings (SSSR count). The van der Waals surface area contributed by atoms with Crippen molar-refractivity contribution in [2.45, 2.75) is 18.8 Å². The second kappa shape index (κ2) is 7.12. The van der Waals surface area contributed by atoms with Gasteiger partial charge in [0.1, 0.15) is 5.75 Å². The summed E-state index contributed by atoms with van der Waals surface area (Å²) in [5, 5.41) is 9.36. The molecule has 0 heterocycles. The zero-order chi connectivity index (χ0) is 14.4.